The number of nitrogens with zero attached hydrogens (tertiary/aromatic N) is 2. The number of rotatable bonds is 3. The normalized spacial score (nSPS) is 21.9. The van der Waals surface area contributed by atoms with Gasteiger partial charge in [0.1, 0.15) is 0 Å². The molecule has 0 radical (unpaired) electrons. The van der Waals surface area contributed by atoms with Crippen LogP contribution in [-0.2, 0) is 12.8 Å². The van der Waals surface area contributed by atoms with Gasteiger partial charge in [0.15, 0.2) is 0 Å². The molecular formula is C17H26N2. The van der Waals surface area contributed by atoms with Crippen LogP contribution >= 0.6 is 0 Å². The van der Waals surface area contributed by atoms with Gasteiger partial charge in [0.2, 0.25) is 0 Å². The summed E-state index contributed by atoms with van der Waals surface area (Å²) in [5.41, 5.74) is 2.81. The summed E-state index contributed by atoms with van der Waals surface area (Å²) in [4.78, 5) is 7.20. The van der Waals surface area contributed by atoms with Gasteiger partial charge in [0, 0.05) is 31.4 Å². The van der Waals surface area contributed by atoms with E-state index in [0.29, 0.717) is 0 Å². The maximum Gasteiger partial charge on any atom is 0.0448 e. The van der Waals surface area contributed by atoms with E-state index in [1.54, 1.807) is 0 Å². The van der Waals surface area contributed by atoms with E-state index < -0.39 is 0 Å². The lowest BCUT2D eigenvalue weighted by molar-refractivity contribution is 0.239. The lowest BCUT2D eigenvalue weighted by atomic mass is 9.87. The molecule has 0 N–H and O–H groups in total. The van der Waals surface area contributed by atoms with Crippen LogP contribution in [0.2, 0.25) is 0 Å². The zero-order valence-corrected chi connectivity index (χ0v) is 12.0. The molecule has 0 bridgehead atoms. The zero-order chi connectivity index (χ0) is 12.9. The van der Waals surface area contributed by atoms with Crippen molar-refractivity contribution in [3.05, 3.63) is 29.6 Å². The number of hydrogen-bond donors (Lipinski definition) is 0. The summed E-state index contributed by atoms with van der Waals surface area (Å²) in [5.74, 6) is 1.01. The van der Waals surface area contributed by atoms with Crippen LogP contribution in [0.1, 0.15) is 49.8 Å². The SMILES string of the molecule is c1cnc2c(c1)CCN(CCC1CCCCC1)CC2. The fourth-order valence-electron chi connectivity index (χ4n) is 3.64. The molecule has 1 fully saturated rings. The van der Waals surface area contributed by atoms with Crippen molar-refractivity contribution < 1.29 is 0 Å². The molecule has 1 saturated carbocycles. The second kappa shape index (κ2) is 6.51. The number of fused-ring (bicyclic) bond motifs is 1. The summed E-state index contributed by atoms with van der Waals surface area (Å²) in [6.45, 7) is 3.74. The van der Waals surface area contributed by atoms with Gasteiger partial charge in [0.05, 0.1) is 0 Å². The van der Waals surface area contributed by atoms with Crippen LogP contribution in [-0.4, -0.2) is 29.5 Å². The highest BCUT2D eigenvalue weighted by atomic mass is 15.1. The van der Waals surface area contributed by atoms with Crippen molar-refractivity contribution in [1.29, 1.82) is 0 Å². The zero-order valence-electron chi connectivity index (χ0n) is 12.0. The number of hydrogen-bond acceptors (Lipinski definition) is 2. The van der Waals surface area contributed by atoms with Crippen molar-refractivity contribution in [3.8, 4) is 0 Å². The van der Waals surface area contributed by atoms with Crippen LogP contribution in [0.3, 0.4) is 0 Å². The summed E-state index contributed by atoms with van der Waals surface area (Å²) in [5, 5.41) is 0. The van der Waals surface area contributed by atoms with E-state index in [4.69, 9.17) is 0 Å². The first kappa shape index (κ1) is 13.1. The minimum atomic E-state index is 1.01. The third-order valence-electron chi connectivity index (χ3n) is 4.93. The van der Waals surface area contributed by atoms with Crippen molar-refractivity contribution in [3.63, 3.8) is 0 Å². The first-order chi connectivity index (χ1) is 9.42. The van der Waals surface area contributed by atoms with Gasteiger partial charge in [-0.15, -0.1) is 0 Å². The molecule has 1 aliphatic carbocycles. The smallest absolute Gasteiger partial charge is 0.0448 e. The highest BCUT2D eigenvalue weighted by Gasteiger charge is 2.17. The summed E-state index contributed by atoms with van der Waals surface area (Å²) < 4.78 is 0. The quantitative estimate of drug-likeness (QED) is 0.825. The average Bonchev–Trinajstić information content (AvgIpc) is 2.69. The summed E-state index contributed by atoms with van der Waals surface area (Å²) in [7, 11) is 0. The highest BCUT2D eigenvalue weighted by Crippen LogP contribution is 2.26. The van der Waals surface area contributed by atoms with E-state index in [9.17, 15) is 0 Å². The highest BCUT2D eigenvalue weighted by molar-refractivity contribution is 5.21. The predicted molar refractivity (Wildman–Crippen MR) is 79.3 cm³/mol. The first-order valence-corrected chi connectivity index (χ1v) is 8.07. The van der Waals surface area contributed by atoms with Crippen molar-refractivity contribution in [1.82, 2.24) is 9.88 Å². The fourth-order valence-corrected chi connectivity index (χ4v) is 3.64. The van der Waals surface area contributed by atoms with Crippen LogP contribution in [0.25, 0.3) is 0 Å². The molecule has 2 nitrogen and oxygen atoms in total. The molecule has 0 amide bonds. The van der Waals surface area contributed by atoms with Crippen LogP contribution in [0.15, 0.2) is 18.3 Å². The molecule has 0 spiro atoms. The Bertz CT molecular complexity index is 369. The lowest BCUT2D eigenvalue weighted by Crippen LogP contribution is -2.29. The van der Waals surface area contributed by atoms with Crippen molar-refractivity contribution >= 4 is 0 Å². The topological polar surface area (TPSA) is 16.1 Å². The second-order valence-electron chi connectivity index (χ2n) is 6.24. The Morgan fingerprint density at radius 2 is 1.95 bits per heavy atom. The van der Waals surface area contributed by atoms with Crippen molar-refractivity contribution in [2.24, 2.45) is 5.92 Å². The summed E-state index contributed by atoms with van der Waals surface area (Å²) in [6.07, 6.45) is 13.1. The van der Waals surface area contributed by atoms with Gasteiger partial charge in [0.25, 0.3) is 0 Å². The Labute approximate surface area is 117 Å². The Balaban J connectivity index is 1.48. The molecule has 2 aliphatic rings. The fraction of sp³-hybridized carbons (Fsp3) is 0.706. The van der Waals surface area contributed by atoms with Gasteiger partial charge >= 0.3 is 0 Å². The molecule has 1 aromatic heterocycles. The van der Waals surface area contributed by atoms with Crippen LogP contribution in [0.5, 0.6) is 0 Å². The molecule has 104 valence electrons. The molecule has 1 aromatic rings. The van der Waals surface area contributed by atoms with Gasteiger partial charge in [-0.3, -0.25) is 4.98 Å². The minimum Gasteiger partial charge on any atom is -0.303 e. The summed E-state index contributed by atoms with van der Waals surface area (Å²) in [6, 6.07) is 4.34. The summed E-state index contributed by atoms with van der Waals surface area (Å²) >= 11 is 0. The van der Waals surface area contributed by atoms with E-state index in [1.165, 1.54) is 75.8 Å². The lowest BCUT2D eigenvalue weighted by Gasteiger charge is -2.26. The first-order valence-electron chi connectivity index (χ1n) is 8.07. The molecule has 19 heavy (non-hydrogen) atoms. The minimum absolute atomic E-state index is 1.01. The third kappa shape index (κ3) is 3.56. The van der Waals surface area contributed by atoms with E-state index >= 15 is 0 Å². The molecule has 2 heteroatoms. The van der Waals surface area contributed by atoms with Crippen LogP contribution < -0.4 is 0 Å². The monoisotopic (exact) mass is 258 g/mol. The van der Waals surface area contributed by atoms with Gasteiger partial charge < -0.3 is 4.90 Å². The molecule has 0 aromatic carbocycles. The Morgan fingerprint density at radius 1 is 1.11 bits per heavy atom. The molecule has 1 aliphatic heterocycles. The van der Waals surface area contributed by atoms with Crippen molar-refractivity contribution in [2.75, 3.05) is 19.6 Å². The number of aromatic nitrogens is 1. The van der Waals surface area contributed by atoms with E-state index in [0.717, 1.165) is 12.3 Å². The maximum absolute atomic E-state index is 4.54. The molecular weight excluding hydrogens is 232 g/mol. The second-order valence-corrected chi connectivity index (χ2v) is 6.24. The number of pyridine rings is 1. The van der Waals surface area contributed by atoms with Gasteiger partial charge in [-0.2, -0.15) is 0 Å². The maximum atomic E-state index is 4.54. The molecule has 0 atom stereocenters. The largest absolute Gasteiger partial charge is 0.303 e. The Hall–Kier alpha value is -0.890. The van der Waals surface area contributed by atoms with Crippen molar-refractivity contribution in [2.45, 2.75) is 51.4 Å². The Morgan fingerprint density at radius 3 is 2.84 bits per heavy atom. The van der Waals surface area contributed by atoms with Crippen LogP contribution in [0.4, 0.5) is 0 Å². The van der Waals surface area contributed by atoms with E-state index in [1.807, 2.05) is 6.20 Å². The van der Waals surface area contributed by atoms with Gasteiger partial charge in [-0.1, -0.05) is 38.2 Å². The predicted octanol–water partition coefficient (Wildman–Crippen LogP) is 3.45. The molecule has 0 saturated heterocycles. The van der Waals surface area contributed by atoms with Gasteiger partial charge in [-0.05, 0) is 36.9 Å². The van der Waals surface area contributed by atoms with Crippen LogP contribution in [0, 0.1) is 5.92 Å². The van der Waals surface area contributed by atoms with E-state index in [-0.39, 0.29) is 0 Å². The Kier molecular flexibility index (Phi) is 4.49. The molecule has 0 unspecified atom stereocenters. The standard InChI is InChI=1S/C17H26N2/c1-2-5-15(6-3-1)8-12-19-13-9-16-7-4-11-18-17(16)10-14-19/h4,7,11,15H,1-3,5-6,8-10,12-14H2. The third-order valence-corrected chi connectivity index (χ3v) is 4.93. The molecule has 2 heterocycles. The van der Waals surface area contributed by atoms with Gasteiger partial charge in [-0.25, -0.2) is 0 Å². The average molecular weight is 258 g/mol. The van der Waals surface area contributed by atoms with E-state index in [2.05, 4.69) is 22.0 Å². The molecule has 3 rings (SSSR count).